The number of carbonyl (C=O) groups excluding carboxylic acids is 1. The van der Waals surface area contributed by atoms with Crippen molar-refractivity contribution < 1.29 is 9.53 Å². The summed E-state index contributed by atoms with van der Waals surface area (Å²) in [4.78, 5) is 14.7. The van der Waals surface area contributed by atoms with E-state index in [-0.39, 0.29) is 11.9 Å². The Labute approximate surface area is 171 Å². The maximum atomic E-state index is 12.8. The van der Waals surface area contributed by atoms with Crippen molar-refractivity contribution in [2.24, 2.45) is 0 Å². The summed E-state index contributed by atoms with van der Waals surface area (Å²) in [5, 5.41) is 12.2. The minimum atomic E-state index is 0.0972. The first kappa shape index (κ1) is 18.8. The zero-order valence-electron chi connectivity index (χ0n) is 15.6. The Morgan fingerprint density at radius 1 is 1.29 bits per heavy atom. The number of rotatable bonds is 6. The molecule has 1 unspecified atom stereocenters. The Hall–Kier alpha value is -2.58. The molecule has 0 radical (unpaired) electrons. The lowest BCUT2D eigenvalue weighted by Gasteiger charge is -2.22. The van der Waals surface area contributed by atoms with Crippen LogP contribution in [0.3, 0.4) is 0 Å². The quantitative estimate of drug-likeness (QED) is 0.607. The van der Waals surface area contributed by atoms with Crippen LogP contribution in [0.1, 0.15) is 12.5 Å². The Bertz CT molecular complexity index is 992. The molecule has 1 aromatic heterocycles. The van der Waals surface area contributed by atoms with Gasteiger partial charge in [0.2, 0.25) is 11.0 Å². The summed E-state index contributed by atoms with van der Waals surface area (Å²) in [6, 6.07) is 15.9. The van der Waals surface area contributed by atoms with E-state index in [0.29, 0.717) is 10.9 Å². The van der Waals surface area contributed by atoms with Crippen molar-refractivity contribution in [3.63, 3.8) is 0 Å². The van der Waals surface area contributed by atoms with Crippen LogP contribution in [0, 0.1) is 0 Å². The van der Waals surface area contributed by atoms with Crippen molar-refractivity contribution >= 4 is 45.5 Å². The average molecular weight is 413 g/mol. The van der Waals surface area contributed by atoms with Crippen LogP contribution in [0.25, 0.3) is 0 Å². The summed E-state index contributed by atoms with van der Waals surface area (Å²) in [5.41, 5.74) is 3.14. The molecule has 8 heteroatoms. The number of thioether (sulfide) groups is 1. The fourth-order valence-corrected chi connectivity index (χ4v) is 4.91. The Morgan fingerprint density at radius 3 is 3.00 bits per heavy atom. The van der Waals surface area contributed by atoms with E-state index in [2.05, 4.69) is 28.5 Å². The number of aromatic nitrogens is 2. The van der Waals surface area contributed by atoms with Gasteiger partial charge < -0.3 is 15.0 Å². The molecule has 3 aromatic rings. The Kier molecular flexibility index (Phi) is 5.50. The largest absolute Gasteiger partial charge is 0.497 e. The molecule has 6 nitrogen and oxygen atoms in total. The monoisotopic (exact) mass is 412 g/mol. The van der Waals surface area contributed by atoms with E-state index in [1.54, 1.807) is 7.11 Å². The molecule has 0 spiro atoms. The molecule has 4 rings (SSSR count). The van der Waals surface area contributed by atoms with Crippen LogP contribution in [0.5, 0.6) is 5.75 Å². The molecule has 0 saturated heterocycles. The molecule has 1 aliphatic rings. The number of methoxy groups -OCH3 is 1. The van der Waals surface area contributed by atoms with Crippen LogP contribution in [0.4, 0.5) is 16.5 Å². The van der Waals surface area contributed by atoms with E-state index in [1.807, 2.05) is 47.4 Å². The molecule has 0 bridgehead atoms. The van der Waals surface area contributed by atoms with Crippen LogP contribution in [-0.4, -0.2) is 35.0 Å². The van der Waals surface area contributed by atoms with Crippen LogP contribution < -0.4 is 15.0 Å². The minimum Gasteiger partial charge on any atom is -0.497 e. The number of fused-ring (bicyclic) bond motifs is 1. The number of amides is 1. The number of hydrogen-bond acceptors (Lipinski definition) is 7. The van der Waals surface area contributed by atoms with Crippen molar-refractivity contribution in [2.45, 2.75) is 23.7 Å². The van der Waals surface area contributed by atoms with Crippen molar-refractivity contribution in [1.29, 1.82) is 0 Å². The lowest BCUT2D eigenvalue weighted by molar-refractivity contribution is -0.116. The van der Waals surface area contributed by atoms with Gasteiger partial charge in [0.05, 0.1) is 12.9 Å². The fraction of sp³-hybridized carbons (Fsp3) is 0.250. The standard InChI is InChI=1S/C20H20N4O2S2/c1-13-10-14-6-3-4-9-17(14)24(13)18(25)12-27-20-23-22-19(28-20)21-15-7-5-8-16(11-15)26-2/h3-9,11,13H,10,12H2,1-2H3,(H,21,22). The molecule has 1 N–H and O–H groups in total. The van der Waals surface area contributed by atoms with E-state index >= 15 is 0 Å². The Balaban J connectivity index is 1.37. The first-order chi connectivity index (χ1) is 13.6. The number of anilines is 3. The molecular formula is C20H20N4O2S2. The summed E-state index contributed by atoms with van der Waals surface area (Å²) in [6.45, 7) is 2.09. The van der Waals surface area contributed by atoms with Gasteiger partial charge >= 0.3 is 0 Å². The molecule has 0 fully saturated rings. The number of para-hydroxylation sites is 1. The highest BCUT2D eigenvalue weighted by Gasteiger charge is 2.30. The van der Waals surface area contributed by atoms with Crippen molar-refractivity contribution in [1.82, 2.24) is 10.2 Å². The lowest BCUT2D eigenvalue weighted by Crippen LogP contribution is -2.36. The zero-order valence-corrected chi connectivity index (χ0v) is 17.2. The van der Waals surface area contributed by atoms with Gasteiger partial charge in [-0.2, -0.15) is 0 Å². The average Bonchev–Trinajstić information content (AvgIpc) is 3.29. The van der Waals surface area contributed by atoms with Gasteiger partial charge in [-0.05, 0) is 37.1 Å². The van der Waals surface area contributed by atoms with Gasteiger partial charge in [0.15, 0.2) is 4.34 Å². The van der Waals surface area contributed by atoms with Crippen molar-refractivity contribution in [3.8, 4) is 5.75 Å². The van der Waals surface area contributed by atoms with Crippen LogP contribution in [0.2, 0.25) is 0 Å². The van der Waals surface area contributed by atoms with Crippen LogP contribution >= 0.6 is 23.1 Å². The second-order valence-corrected chi connectivity index (χ2v) is 8.66. The third-order valence-corrected chi connectivity index (χ3v) is 6.48. The molecule has 2 aromatic carbocycles. The highest BCUT2D eigenvalue weighted by molar-refractivity contribution is 8.01. The van der Waals surface area contributed by atoms with Crippen LogP contribution in [-0.2, 0) is 11.2 Å². The van der Waals surface area contributed by atoms with E-state index in [9.17, 15) is 4.79 Å². The molecule has 0 aliphatic carbocycles. The van der Waals surface area contributed by atoms with Gasteiger partial charge in [-0.15, -0.1) is 10.2 Å². The fourth-order valence-electron chi connectivity index (χ4n) is 3.28. The number of nitrogens with zero attached hydrogens (tertiary/aromatic N) is 3. The molecule has 1 atom stereocenters. The summed E-state index contributed by atoms with van der Waals surface area (Å²) >= 11 is 2.85. The van der Waals surface area contributed by atoms with Gasteiger partial charge in [0, 0.05) is 23.5 Å². The first-order valence-electron chi connectivity index (χ1n) is 8.91. The number of carbonyl (C=O) groups is 1. The molecule has 0 saturated carbocycles. The highest BCUT2D eigenvalue weighted by Crippen LogP contribution is 2.34. The molecule has 1 amide bonds. The SMILES string of the molecule is COc1cccc(Nc2nnc(SCC(=O)N3c4ccccc4CC3C)s2)c1. The molecule has 28 heavy (non-hydrogen) atoms. The van der Waals surface area contributed by atoms with E-state index in [0.717, 1.165) is 27.9 Å². The predicted octanol–water partition coefficient (Wildman–Crippen LogP) is 4.36. The molecule has 1 aliphatic heterocycles. The first-order valence-corrected chi connectivity index (χ1v) is 10.7. The summed E-state index contributed by atoms with van der Waals surface area (Å²) in [5.74, 6) is 1.21. The summed E-state index contributed by atoms with van der Waals surface area (Å²) in [7, 11) is 1.63. The smallest absolute Gasteiger partial charge is 0.237 e. The summed E-state index contributed by atoms with van der Waals surface area (Å²) in [6.07, 6.45) is 0.903. The second-order valence-electron chi connectivity index (χ2n) is 6.46. The maximum absolute atomic E-state index is 12.8. The lowest BCUT2D eigenvalue weighted by atomic mass is 10.1. The predicted molar refractivity (Wildman–Crippen MR) is 114 cm³/mol. The third-order valence-electron chi connectivity index (χ3n) is 4.52. The molecule has 2 heterocycles. The topological polar surface area (TPSA) is 67.3 Å². The van der Waals surface area contributed by atoms with Crippen molar-refractivity contribution in [3.05, 3.63) is 54.1 Å². The third kappa shape index (κ3) is 3.98. The van der Waals surface area contributed by atoms with Gasteiger partial charge in [-0.25, -0.2) is 0 Å². The normalized spacial score (nSPS) is 15.4. The minimum absolute atomic E-state index is 0.0972. The van der Waals surface area contributed by atoms with E-state index in [1.165, 1.54) is 28.7 Å². The van der Waals surface area contributed by atoms with Gasteiger partial charge in [-0.3, -0.25) is 4.79 Å². The second kappa shape index (κ2) is 8.20. The Morgan fingerprint density at radius 2 is 2.14 bits per heavy atom. The number of nitrogens with one attached hydrogen (secondary N) is 1. The number of benzene rings is 2. The molecule has 144 valence electrons. The van der Waals surface area contributed by atoms with Gasteiger partial charge in [0.25, 0.3) is 0 Å². The van der Waals surface area contributed by atoms with E-state index in [4.69, 9.17) is 4.74 Å². The zero-order chi connectivity index (χ0) is 19.5. The molecular weight excluding hydrogens is 392 g/mol. The van der Waals surface area contributed by atoms with Crippen LogP contribution in [0.15, 0.2) is 52.9 Å². The number of ether oxygens (including phenoxy) is 1. The van der Waals surface area contributed by atoms with Crippen molar-refractivity contribution in [2.75, 3.05) is 23.1 Å². The summed E-state index contributed by atoms with van der Waals surface area (Å²) < 4.78 is 5.99. The van der Waals surface area contributed by atoms with Gasteiger partial charge in [-0.1, -0.05) is 47.4 Å². The van der Waals surface area contributed by atoms with E-state index < -0.39 is 0 Å². The highest BCUT2D eigenvalue weighted by atomic mass is 32.2. The van der Waals surface area contributed by atoms with Gasteiger partial charge in [0.1, 0.15) is 5.75 Å². The number of hydrogen-bond donors (Lipinski definition) is 1. The maximum Gasteiger partial charge on any atom is 0.237 e.